The van der Waals surface area contributed by atoms with Gasteiger partial charge in [-0.05, 0) is 26.0 Å². The first-order valence-corrected chi connectivity index (χ1v) is 11.1. The molecule has 27 heavy (non-hydrogen) atoms. The van der Waals surface area contributed by atoms with E-state index in [1.807, 2.05) is 0 Å². The highest BCUT2D eigenvalue weighted by Gasteiger charge is 2.48. The summed E-state index contributed by atoms with van der Waals surface area (Å²) in [5, 5.41) is 36.1. The number of thioether (sulfide) groups is 1. The fourth-order valence-corrected chi connectivity index (χ4v) is 4.45. The maximum atomic E-state index is 12.8. The molecule has 0 aromatic heterocycles. The van der Waals surface area contributed by atoms with Crippen LogP contribution in [0.2, 0.25) is 0 Å². The lowest BCUT2D eigenvalue weighted by molar-refractivity contribution is -0.205. The van der Waals surface area contributed by atoms with E-state index >= 15 is 0 Å². The van der Waals surface area contributed by atoms with Crippen molar-refractivity contribution < 1.29 is 24.9 Å². The molecule has 0 spiro atoms. The molecule has 0 aromatic carbocycles. The van der Waals surface area contributed by atoms with Gasteiger partial charge in [-0.3, -0.25) is 4.79 Å². The maximum Gasteiger partial charge on any atom is 0.237 e. The second-order valence-corrected chi connectivity index (χ2v) is 8.79. The van der Waals surface area contributed by atoms with Gasteiger partial charge in [-0.2, -0.15) is 0 Å². The van der Waals surface area contributed by atoms with Gasteiger partial charge in [0, 0.05) is 6.54 Å². The Morgan fingerprint density at radius 1 is 1.41 bits per heavy atom. The van der Waals surface area contributed by atoms with Crippen molar-refractivity contribution >= 4 is 29.3 Å². The molecular weight excluding hydrogens is 392 g/mol. The van der Waals surface area contributed by atoms with Crippen LogP contribution in [-0.2, 0) is 9.53 Å². The maximum absolute atomic E-state index is 12.8. The first-order valence-electron chi connectivity index (χ1n) is 9.38. The number of aliphatic hydroxyl groups excluding tert-OH is 3. The van der Waals surface area contributed by atoms with E-state index in [1.54, 1.807) is 13.2 Å². The largest absolute Gasteiger partial charge is 0.388 e. The molecule has 0 bridgehead atoms. The zero-order valence-electron chi connectivity index (χ0n) is 16.0. The highest BCUT2D eigenvalue weighted by molar-refractivity contribution is 7.99. The van der Waals surface area contributed by atoms with Crippen LogP contribution in [0, 0.1) is 0 Å². The molecule has 1 amide bonds. The number of nitrogens with one attached hydrogen (secondary N) is 2. The van der Waals surface area contributed by atoms with Gasteiger partial charge in [0.15, 0.2) is 0 Å². The Bertz CT molecular complexity index is 534. The van der Waals surface area contributed by atoms with Gasteiger partial charge in [0.1, 0.15) is 29.9 Å². The summed E-state index contributed by atoms with van der Waals surface area (Å²) in [7, 11) is 0. The Balaban J connectivity index is 2.08. The van der Waals surface area contributed by atoms with Crippen LogP contribution in [0.5, 0.6) is 0 Å². The molecular formula is C18H31ClN2O5S. The normalized spacial score (nSPS) is 36.6. The number of hydrogen-bond donors (Lipinski definition) is 5. The summed E-state index contributed by atoms with van der Waals surface area (Å²) in [6, 6.07) is -1.09. The molecule has 0 unspecified atom stereocenters. The third kappa shape index (κ3) is 5.59. The molecule has 8 atom stereocenters. The molecule has 9 heteroatoms. The number of aliphatic hydroxyl groups is 3. The molecule has 2 heterocycles. The standard InChI is InChI=1S/C18H31ClN2O5S/c1-4-5-10-6-7-20-11(8-10)17(25)21-12(9(2)19)16-14(23)13(22)15(24)18(26-16)27-3/h6,9,11-16,18,20,22-24H,4-5,7-8H2,1-3H3,(H,21,25)/t9-,11-,12+,13-,14+,15+,16+,18+/m0/s1. The molecule has 0 saturated carbocycles. The average molecular weight is 423 g/mol. The van der Waals surface area contributed by atoms with Crippen molar-refractivity contribution in [3.63, 3.8) is 0 Å². The second-order valence-electron chi connectivity index (χ2n) is 7.17. The molecule has 2 aliphatic rings. The van der Waals surface area contributed by atoms with Crippen molar-refractivity contribution in [1.29, 1.82) is 0 Å². The van der Waals surface area contributed by atoms with Crippen molar-refractivity contribution in [2.45, 2.75) is 80.4 Å². The van der Waals surface area contributed by atoms with Gasteiger partial charge in [0.2, 0.25) is 5.91 Å². The number of carbonyl (C=O) groups excluding carboxylic acids is 1. The van der Waals surface area contributed by atoms with Crippen LogP contribution in [0.25, 0.3) is 0 Å². The topological polar surface area (TPSA) is 111 Å². The molecule has 0 aliphatic carbocycles. The number of ether oxygens (including phenoxy) is 1. The summed E-state index contributed by atoms with van der Waals surface area (Å²) in [5.41, 5.74) is 0.539. The van der Waals surface area contributed by atoms with Crippen LogP contribution in [0.1, 0.15) is 33.1 Å². The first-order chi connectivity index (χ1) is 12.8. The minimum Gasteiger partial charge on any atom is -0.388 e. The van der Waals surface area contributed by atoms with Crippen LogP contribution < -0.4 is 10.6 Å². The Kier molecular flexibility index (Phi) is 8.86. The van der Waals surface area contributed by atoms with E-state index in [9.17, 15) is 20.1 Å². The summed E-state index contributed by atoms with van der Waals surface area (Å²) in [6.45, 7) is 4.44. The van der Waals surface area contributed by atoms with E-state index in [0.717, 1.165) is 12.8 Å². The van der Waals surface area contributed by atoms with E-state index in [2.05, 4.69) is 23.6 Å². The van der Waals surface area contributed by atoms with Gasteiger partial charge in [-0.1, -0.05) is 25.0 Å². The van der Waals surface area contributed by atoms with Gasteiger partial charge < -0.3 is 30.7 Å². The molecule has 1 saturated heterocycles. The number of hydrogen-bond acceptors (Lipinski definition) is 7. The van der Waals surface area contributed by atoms with Crippen molar-refractivity contribution in [2.24, 2.45) is 0 Å². The van der Waals surface area contributed by atoms with Crippen LogP contribution in [0.15, 0.2) is 11.6 Å². The van der Waals surface area contributed by atoms with Crippen LogP contribution in [0.4, 0.5) is 0 Å². The summed E-state index contributed by atoms with van der Waals surface area (Å²) in [6.07, 6.45) is 1.61. The van der Waals surface area contributed by atoms with Crippen LogP contribution >= 0.6 is 23.4 Å². The van der Waals surface area contributed by atoms with E-state index in [4.69, 9.17) is 16.3 Å². The minimum atomic E-state index is -1.37. The predicted molar refractivity (Wildman–Crippen MR) is 107 cm³/mol. The third-order valence-corrected chi connectivity index (χ3v) is 6.23. The highest BCUT2D eigenvalue weighted by atomic mass is 35.5. The van der Waals surface area contributed by atoms with Crippen molar-refractivity contribution in [1.82, 2.24) is 10.6 Å². The number of alkyl halides is 1. The average Bonchev–Trinajstić information content (AvgIpc) is 2.65. The van der Waals surface area contributed by atoms with Crippen molar-refractivity contribution in [3.8, 4) is 0 Å². The fourth-order valence-electron chi connectivity index (χ4n) is 3.56. The number of carbonyl (C=O) groups is 1. The Morgan fingerprint density at radius 3 is 2.70 bits per heavy atom. The lowest BCUT2D eigenvalue weighted by Crippen LogP contribution is -2.65. The molecule has 2 aliphatic heterocycles. The number of amides is 1. The molecule has 0 aromatic rings. The van der Waals surface area contributed by atoms with Crippen molar-refractivity contribution in [2.75, 3.05) is 12.8 Å². The van der Waals surface area contributed by atoms with Gasteiger partial charge in [0.05, 0.1) is 17.5 Å². The highest BCUT2D eigenvalue weighted by Crippen LogP contribution is 2.30. The van der Waals surface area contributed by atoms with Crippen LogP contribution in [-0.4, -0.2) is 81.3 Å². The van der Waals surface area contributed by atoms with Gasteiger partial charge in [-0.25, -0.2) is 0 Å². The molecule has 0 radical (unpaired) electrons. The Morgan fingerprint density at radius 2 is 2.11 bits per heavy atom. The summed E-state index contributed by atoms with van der Waals surface area (Å²) >= 11 is 7.52. The number of halogens is 1. The molecule has 156 valence electrons. The van der Waals surface area contributed by atoms with E-state index in [-0.39, 0.29) is 11.9 Å². The van der Waals surface area contributed by atoms with Gasteiger partial charge in [0.25, 0.3) is 0 Å². The second kappa shape index (κ2) is 10.4. The lowest BCUT2D eigenvalue weighted by atomic mass is 9.92. The summed E-state index contributed by atoms with van der Waals surface area (Å²) in [4.78, 5) is 12.8. The molecule has 2 rings (SSSR count). The molecule has 5 N–H and O–H groups in total. The van der Waals surface area contributed by atoms with Gasteiger partial charge >= 0.3 is 0 Å². The SMILES string of the molecule is CCCC1=CCN[C@H](C(=O)N[C@@H]([C@H]2O[C@H](SC)[C@H](O)[C@@H](O)[C@H]2O)[C@H](C)Cl)C1. The Hall–Kier alpha value is -0.350. The third-order valence-electron chi connectivity index (χ3n) is 5.11. The van der Waals surface area contributed by atoms with E-state index in [1.165, 1.54) is 17.3 Å². The van der Waals surface area contributed by atoms with Crippen LogP contribution in [0.3, 0.4) is 0 Å². The predicted octanol–water partition coefficient (Wildman–Crippen LogP) is 0.358. The smallest absolute Gasteiger partial charge is 0.237 e. The quantitative estimate of drug-likeness (QED) is 0.297. The van der Waals surface area contributed by atoms with E-state index in [0.29, 0.717) is 13.0 Å². The Labute approximate surface area is 169 Å². The molecule has 1 fully saturated rings. The minimum absolute atomic E-state index is 0.216. The zero-order valence-corrected chi connectivity index (χ0v) is 17.5. The van der Waals surface area contributed by atoms with Gasteiger partial charge in [-0.15, -0.1) is 23.4 Å². The summed E-state index contributed by atoms with van der Waals surface area (Å²) in [5.74, 6) is -0.216. The summed E-state index contributed by atoms with van der Waals surface area (Å²) < 4.78 is 5.77. The first kappa shape index (κ1) is 22.9. The van der Waals surface area contributed by atoms with E-state index < -0.39 is 41.3 Å². The van der Waals surface area contributed by atoms with Crippen molar-refractivity contribution in [3.05, 3.63) is 11.6 Å². The molecule has 7 nitrogen and oxygen atoms in total. The monoisotopic (exact) mass is 422 g/mol. The number of rotatable bonds is 7. The lowest BCUT2D eigenvalue weighted by Gasteiger charge is -2.44. The fraction of sp³-hybridized carbons (Fsp3) is 0.833. The zero-order chi connectivity index (χ0) is 20.1.